The minimum absolute atomic E-state index is 0.466. The minimum atomic E-state index is -1.27. The molecule has 0 spiro atoms. The number of rotatable bonds is 0. The zero-order valence-corrected chi connectivity index (χ0v) is 6.14. The van der Waals surface area contributed by atoms with Crippen LogP contribution in [0.15, 0.2) is 0 Å². The number of hydrogen-bond donors (Lipinski definition) is 0. The lowest BCUT2D eigenvalue weighted by Gasteiger charge is -2.27. The first-order valence-electron chi connectivity index (χ1n) is 3.64. The summed E-state index contributed by atoms with van der Waals surface area (Å²) in [6, 6.07) is 0. The van der Waals surface area contributed by atoms with Gasteiger partial charge in [-0.1, -0.05) is 6.92 Å². The van der Waals surface area contributed by atoms with Crippen molar-refractivity contribution in [1.29, 1.82) is 0 Å². The summed E-state index contributed by atoms with van der Waals surface area (Å²) in [6.07, 6.45) is 0.784. The number of piperidine rings is 1. The van der Waals surface area contributed by atoms with Crippen LogP contribution < -0.4 is 0 Å². The summed E-state index contributed by atoms with van der Waals surface area (Å²) in [4.78, 5) is 11.5. The molecule has 0 saturated carbocycles. The Kier molecular flexibility index (Phi) is 2.25. The number of carbonyl (C=O) groups is 1. The smallest absolute Gasteiger partial charge is 0.314 e. The molecule has 1 atom stereocenters. The van der Waals surface area contributed by atoms with Crippen LogP contribution in [0.4, 0.5) is 9.18 Å². The van der Waals surface area contributed by atoms with Crippen molar-refractivity contribution in [2.24, 2.45) is 5.92 Å². The maximum atomic E-state index is 12.0. The van der Waals surface area contributed by atoms with Crippen molar-refractivity contribution >= 4 is 6.16 Å². The summed E-state index contributed by atoms with van der Waals surface area (Å²) in [6.45, 7) is 3.23. The molecule has 1 saturated heterocycles. The predicted octanol–water partition coefficient (Wildman–Crippen LogP) is 1.81. The van der Waals surface area contributed by atoms with E-state index in [2.05, 4.69) is 0 Å². The van der Waals surface area contributed by atoms with Gasteiger partial charge in [0.1, 0.15) is 0 Å². The predicted molar refractivity (Wildman–Crippen MR) is 36.5 cm³/mol. The molecular weight excluding hydrogens is 133 g/mol. The zero-order valence-electron chi connectivity index (χ0n) is 6.14. The molecule has 1 unspecified atom stereocenters. The SMILES string of the molecule is CC1CCCN(C(=O)F)C1. The molecule has 1 rings (SSSR count). The van der Waals surface area contributed by atoms with Crippen LogP contribution in [0, 0.1) is 5.92 Å². The van der Waals surface area contributed by atoms with Crippen LogP contribution in [0.3, 0.4) is 0 Å². The average molecular weight is 145 g/mol. The number of amides is 1. The normalized spacial score (nSPS) is 26.6. The lowest BCUT2D eigenvalue weighted by Crippen LogP contribution is -2.36. The van der Waals surface area contributed by atoms with E-state index in [1.165, 1.54) is 4.90 Å². The molecule has 3 heteroatoms. The second-order valence-electron chi connectivity index (χ2n) is 2.95. The monoisotopic (exact) mass is 145 g/mol. The van der Waals surface area contributed by atoms with Gasteiger partial charge >= 0.3 is 6.16 Å². The fourth-order valence-electron chi connectivity index (χ4n) is 1.35. The molecule has 0 N–H and O–H groups in total. The largest absolute Gasteiger partial charge is 0.400 e. The van der Waals surface area contributed by atoms with Crippen LogP contribution in [0.5, 0.6) is 0 Å². The first kappa shape index (κ1) is 7.51. The third-order valence-corrected chi connectivity index (χ3v) is 1.91. The van der Waals surface area contributed by atoms with Crippen LogP contribution in [0.2, 0.25) is 0 Å². The van der Waals surface area contributed by atoms with E-state index >= 15 is 0 Å². The van der Waals surface area contributed by atoms with Crippen LogP contribution in [-0.2, 0) is 0 Å². The quantitative estimate of drug-likeness (QED) is 0.376. The summed E-state index contributed by atoms with van der Waals surface area (Å²) < 4.78 is 12.0. The molecule has 58 valence electrons. The third-order valence-electron chi connectivity index (χ3n) is 1.91. The van der Waals surface area contributed by atoms with Crippen molar-refractivity contribution in [3.05, 3.63) is 0 Å². The van der Waals surface area contributed by atoms with Gasteiger partial charge in [0.2, 0.25) is 0 Å². The summed E-state index contributed by atoms with van der Waals surface area (Å²) >= 11 is 0. The molecule has 0 aromatic heterocycles. The van der Waals surface area contributed by atoms with E-state index in [1.807, 2.05) is 6.92 Å². The van der Waals surface area contributed by atoms with Crippen LogP contribution >= 0.6 is 0 Å². The molecule has 2 nitrogen and oxygen atoms in total. The van der Waals surface area contributed by atoms with Gasteiger partial charge in [0.25, 0.3) is 0 Å². The summed E-state index contributed by atoms with van der Waals surface area (Å²) in [5.41, 5.74) is 0. The molecule has 1 fully saturated rings. The van der Waals surface area contributed by atoms with Crippen LogP contribution in [0.25, 0.3) is 0 Å². The summed E-state index contributed by atoms with van der Waals surface area (Å²) in [5, 5.41) is 0. The Labute approximate surface area is 60.0 Å². The fourth-order valence-corrected chi connectivity index (χ4v) is 1.35. The Hall–Kier alpha value is -0.600. The Morgan fingerprint density at radius 2 is 2.40 bits per heavy atom. The number of hydrogen-bond acceptors (Lipinski definition) is 1. The second kappa shape index (κ2) is 2.99. The van der Waals surface area contributed by atoms with Gasteiger partial charge in [-0.25, -0.2) is 4.79 Å². The lowest BCUT2D eigenvalue weighted by atomic mass is 10.0. The summed E-state index contributed by atoms with van der Waals surface area (Å²) in [5.74, 6) is 0.466. The van der Waals surface area contributed by atoms with E-state index in [1.54, 1.807) is 0 Å². The van der Waals surface area contributed by atoms with Gasteiger partial charge in [0, 0.05) is 13.1 Å². The number of halogens is 1. The molecular formula is C7H12FNO. The maximum absolute atomic E-state index is 12.0. The van der Waals surface area contributed by atoms with E-state index in [-0.39, 0.29) is 0 Å². The Morgan fingerprint density at radius 3 is 2.80 bits per heavy atom. The molecule has 1 aliphatic heterocycles. The van der Waals surface area contributed by atoms with E-state index in [0.717, 1.165) is 12.8 Å². The molecule has 0 aliphatic carbocycles. The molecule has 1 amide bonds. The number of nitrogens with zero attached hydrogens (tertiary/aromatic N) is 1. The van der Waals surface area contributed by atoms with Crippen molar-refractivity contribution in [3.8, 4) is 0 Å². The number of carbonyl (C=O) groups excluding carboxylic acids is 1. The summed E-state index contributed by atoms with van der Waals surface area (Å²) in [7, 11) is 0. The lowest BCUT2D eigenvalue weighted by molar-refractivity contribution is 0.149. The van der Waals surface area contributed by atoms with Crippen LogP contribution in [-0.4, -0.2) is 24.2 Å². The van der Waals surface area contributed by atoms with Crippen LogP contribution in [0.1, 0.15) is 19.8 Å². The standard InChI is InChI=1S/C7H12FNO/c1-6-3-2-4-9(5-6)7(8)10/h6H,2-5H2,1H3. The van der Waals surface area contributed by atoms with Crippen molar-refractivity contribution in [1.82, 2.24) is 4.90 Å². The van der Waals surface area contributed by atoms with E-state index < -0.39 is 6.16 Å². The minimum Gasteiger partial charge on any atom is -0.314 e. The highest BCUT2D eigenvalue weighted by Gasteiger charge is 2.19. The maximum Gasteiger partial charge on any atom is 0.400 e. The highest BCUT2D eigenvalue weighted by atomic mass is 19.1. The molecule has 1 heterocycles. The van der Waals surface area contributed by atoms with E-state index in [9.17, 15) is 9.18 Å². The third kappa shape index (κ3) is 1.69. The first-order chi connectivity index (χ1) is 4.70. The first-order valence-corrected chi connectivity index (χ1v) is 3.64. The molecule has 1 aliphatic rings. The average Bonchev–Trinajstić information content (AvgIpc) is 1.88. The van der Waals surface area contributed by atoms with Gasteiger partial charge in [-0.3, -0.25) is 0 Å². The highest BCUT2D eigenvalue weighted by molar-refractivity contribution is 5.66. The molecule has 0 radical (unpaired) electrons. The Bertz CT molecular complexity index is 138. The van der Waals surface area contributed by atoms with E-state index in [4.69, 9.17) is 0 Å². The van der Waals surface area contributed by atoms with Crippen molar-refractivity contribution in [3.63, 3.8) is 0 Å². The topological polar surface area (TPSA) is 20.3 Å². The van der Waals surface area contributed by atoms with Crippen molar-refractivity contribution < 1.29 is 9.18 Å². The molecule has 0 aromatic rings. The van der Waals surface area contributed by atoms with Crippen molar-refractivity contribution in [2.75, 3.05) is 13.1 Å². The zero-order chi connectivity index (χ0) is 7.56. The Morgan fingerprint density at radius 1 is 1.70 bits per heavy atom. The highest BCUT2D eigenvalue weighted by Crippen LogP contribution is 2.15. The van der Waals surface area contributed by atoms with Gasteiger partial charge < -0.3 is 4.90 Å². The van der Waals surface area contributed by atoms with Gasteiger partial charge in [-0.15, -0.1) is 4.39 Å². The Balaban J connectivity index is 2.39. The van der Waals surface area contributed by atoms with Gasteiger partial charge in [-0.2, -0.15) is 0 Å². The van der Waals surface area contributed by atoms with Gasteiger partial charge in [-0.05, 0) is 18.8 Å². The second-order valence-corrected chi connectivity index (χ2v) is 2.95. The van der Waals surface area contributed by atoms with Gasteiger partial charge in [0.15, 0.2) is 0 Å². The molecule has 0 aromatic carbocycles. The van der Waals surface area contributed by atoms with E-state index in [0.29, 0.717) is 19.0 Å². The molecule has 10 heavy (non-hydrogen) atoms. The fraction of sp³-hybridized carbons (Fsp3) is 0.857. The van der Waals surface area contributed by atoms with Crippen molar-refractivity contribution in [2.45, 2.75) is 19.8 Å². The van der Waals surface area contributed by atoms with Gasteiger partial charge in [0.05, 0.1) is 0 Å². The molecule has 0 bridgehead atoms. The number of likely N-dealkylation sites (tertiary alicyclic amines) is 1.